The third-order valence-corrected chi connectivity index (χ3v) is 3.24. The summed E-state index contributed by atoms with van der Waals surface area (Å²) in [5.41, 5.74) is 2.82. The Morgan fingerprint density at radius 2 is 1.82 bits per heavy atom. The van der Waals surface area contributed by atoms with E-state index in [4.69, 9.17) is 0 Å². The summed E-state index contributed by atoms with van der Waals surface area (Å²) in [7, 11) is 2.15. The Kier molecular flexibility index (Phi) is 6.23. The van der Waals surface area contributed by atoms with E-state index in [0.717, 1.165) is 26.2 Å². The van der Waals surface area contributed by atoms with E-state index >= 15 is 0 Å². The van der Waals surface area contributed by atoms with Crippen LogP contribution in [0.3, 0.4) is 0 Å². The summed E-state index contributed by atoms with van der Waals surface area (Å²) in [5, 5.41) is 3.39. The quantitative estimate of drug-likeness (QED) is 0.780. The Labute approximate surface area is 106 Å². The van der Waals surface area contributed by atoms with Gasteiger partial charge in [-0.15, -0.1) is 0 Å². The summed E-state index contributed by atoms with van der Waals surface area (Å²) >= 11 is 0. The monoisotopic (exact) mass is 234 g/mol. The van der Waals surface area contributed by atoms with E-state index in [0.29, 0.717) is 5.92 Å². The van der Waals surface area contributed by atoms with Crippen LogP contribution in [0.5, 0.6) is 0 Å². The number of hydrogen-bond acceptors (Lipinski definition) is 2. The predicted octanol–water partition coefficient (Wildman–Crippen LogP) is 2.85. The minimum absolute atomic E-state index is 0.591. The zero-order valence-electron chi connectivity index (χ0n) is 11.7. The van der Waals surface area contributed by atoms with Crippen LogP contribution in [0.15, 0.2) is 24.3 Å². The molecule has 1 aromatic carbocycles. The molecule has 96 valence electrons. The van der Waals surface area contributed by atoms with Crippen molar-refractivity contribution in [1.29, 1.82) is 0 Å². The largest absolute Gasteiger partial charge is 0.316 e. The number of rotatable bonds is 7. The fourth-order valence-electron chi connectivity index (χ4n) is 1.85. The van der Waals surface area contributed by atoms with Crippen LogP contribution in [0.1, 0.15) is 37.8 Å². The summed E-state index contributed by atoms with van der Waals surface area (Å²) in [4.78, 5) is 2.32. The van der Waals surface area contributed by atoms with Gasteiger partial charge in [0.25, 0.3) is 0 Å². The van der Waals surface area contributed by atoms with Crippen molar-refractivity contribution in [2.75, 3.05) is 26.7 Å². The van der Waals surface area contributed by atoms with Crippen molar-refractivity contribution in [2.24, 2.45) is 0 Å². The molecule has 1 rings (SSSR count). The van der Waals surface area contributed by atoms with Gasteiger partial charge in [0.05, 0.1) is 0 Å². The van der Waals surface area contributed by atoms with Crippen molar-refractivity contribution >= 4 is 0 Å². The third kappa shape index (κ3) is 4.88. The van der Waals surface area contributed by atoms with Crippen LogP contribution in [0.2, 0.25) is 0 Å². The topological polar surface area (TPSA) is 15.3 Å². The highest BCUT2D eigenvalue weighted by Gasteiger charge is 2.05. The molecule has 17 heavy (non-hydrogen) atoms. The fraction of sp³-hybridized carbons (Fsp3) is 0.600. The lowest BCUT2D eigenvalue weighted by Gasteiger charge is -2.16. The standard InChI is InChI=1S/C15H26N2/c1-5-16-11-13(3)15-9-7-14(8-10-15)12-17(4)6-2/h7-10,13,16H,5-6,11-12H2,1-4H3. The molecule has 1 aromatic rings. The maximum Gasteiger partial charge on any atom is 0.0230 e. The lowest BCUT2D eigenvalue weighted by Crippen LogP contribution is -2.19. The van der Waals surface area contributed by atoms with Crippen LogP contribution >= 0.6 is 0 Å². The molecule has 1 unspecified atom stereocenters. The maximum atomic E-state index is 3.39. The molecule has 0 heterocycles. The highest BCUT2D eigenvalue weighted by molar-refractivity contribution is 5.25. The number of hydrogen-bond donors (Lipinski definition) is 1. The van der Waals surface area contributed by atoms with E-state index < -0.39 is 0 Å². The van der Waals surface area contributed by atoms with Crippen LogP contribution in [0, 0.1) is 0 Å². The average molecular weight is 234 g/mol. The van der Waals surface area contributed by atoms with Gasteiger partial charge in [-0.1, -0.05) is 45.0 Å². The molecule has 0 fully saturated rings. The Morgan fingerprint density at radius 3 is 2.35 bits per heavy atom. The van der Waals surface area contributed by atoms with Crippen molar-refractivity contribution in [2.45, 2.75) is 33.2 Å². The Hall–Kier alpha value is -0.860. The van der Waals surface area contributed by atoms with Crippen molar-refractivity contribution in [3.8, 4) is 0 Å². The highest BCUT2D eigenvalue weighted by atomic mass is 15.1. The lowest BCUT2D eigenvalue weighted by molar-refractivity contribution is 0.346. The van der Waals surface area contributed by atoms with E-state index in [1.807, 2.05) is 0 Å². The molecule has 1 N–H and O–H groups in total. The molecular weight excluding hydrogens is 208 g/mol. The zero-order chi connectivity index (χ0) is 12.7. The van der Waals surface area contributed by atoms with E-state index in [-0.39, 0.29) is 0 Å². The van der Waals surface area contributed by atoms with Crippen molar-refractivity contribution < 1.29 is 0 Å². The minimum atomic E-state index is 0.591. The predicted molar refractivity (Wildman–Crippen MR) is 75.4 cm³/mol. The first-order chi connectivity index (χ1) is 8.17. The molecule has 0 amide bonds. The van der Waals surface area contributed by atoms with Crippen LogP contribution in [0.25, 0.3) is 0 Å². The average Bonchev–Trinajstić information content (AvgIpc) is 2.36. The van der Waals surface area contributed by atoms with Gasteiger partial charge in [0, 0.05) is 13.1 Å². The Morgan fingerprint density at radius 1 is 1.18 bits per heavy atom. The molecule has 0 bridgehead atoms. The molecule has 2 nitrogen and oxygen atoms in total. The highest BCUT2D eigenvalue weighted by Crippen LogP contribution is 2.15. The van der Waals surface area contributed by atoms with Crippen LogP contribution in [-0.2, 0) is 6.54 Å². The summed E-state index contributed by atoms with van der Waals surface area (Å²) in [5.74, 6) is 0.591. The first-order valence-electron chi connectivity index (χ1n) is 6.65. The second kappa shape index (κ2) is 7.46. The van der Waals surface area contributed by atoms with Crippen LogP contribution < -0.4 is 5.32 Å². The van der Waals surface area contributed by atoms with E-state index in [1.165, 1.54) is 11.1 Å². The van der Waals surface area contributed by atoms with Gasteiger partial charge in [-0.3, -0.25) is 0 Å². The van der Waals surface area contributed by atoms with Gasteiger partial charge in [-0.05, 0) is 37.2 Å². The van der Waals surface area contributed by atoms with E-state index in [1.54, 1.807) is 0 Å². The second-order valence-electron chi connectivity index (χ2n) is 4.78. The summed E-state index contributed by atoms with van der Waals surface area (Å²) in [6.07, 6.45) is 0. The Bertz CT molecular complexity index is 305. The molecule has 0 aliphatic rings. The first-order valence-corrected chi connectivity index (χ1v) is 6.65. The van der Waals surface area contributed by atoms with Crippen molar-refractivity contribution in [1.82, 2.24) is 10.2 Å². The smallest absolute Gasteiger partial charge is 0.0230 e. The van der Waals surface area contributed by atoms with E-state index in [2.05, 4.69) is 62.3 Å². The zero-order valence-corrected chi connectivity index (χ0v) is 11.7. The molecule has 0 aromatic heterocycles. The number of likely N-dealkylation sites (N-methyl/N-ethyl adjacent to an activating group) is 1. The molecule has 0 saturated heterocycles. The van der Waals surface area contributed by atoms with Crippen LogP contribution in [-0.4, -0.2) is 31.6 Å². The first kappa shape index (κ1) is 14.2. The fourth-order valence-corrected chi connectivity index (χ4v) is 1.85. The lowest BCUT2D eigenvalue weighted by atomic mass is 9.99. The van der Waals surface area contributed by atoms with Crippen LogP contribution in [0.4, 0.5) is 0 Å². The molecule has 1 atom stereocenters. The van der Waals surface area contributed by atoms with Crippen molar-refractivity contribution in [3.05, 3.63) is 35.4 Å². The molecular formula is C15H26N2. The van der Waals surface area contributed by atoms with Crippen molar-refractivity contribution in [3.63, 3.8) is 0 Å². The molecule has 0 aliphatic heterocycles. The van der Waals surface area contributed by atoms with Gasteiger partial charge >= 0.3 is 0 Å². The van der Waals surface area contributed by atoms with Gasteiger partial charge in [0.15, 0.2) is 0 Å². The molecule has 0 spiro atoms. The number of benzene rings is 1. The third-order valence-electron chi connectivity index (χ3n) is 3.24. The molecule has 2 heteroatoms. The van der Waals surface area contributed by atoms with Gasteiger partial charge in [-0.2, -0.15) is 0 Å². The van der Waals surface area contributed by atoms with Gasteiger partial charge in [0.1, 0.15) is 0 Å². The minimum Gasteiger partial charge on any atom is -0.316 e. The Balaban J connectivity index is 2.54. The number of nitrogens with one attached hydrogen (secondary N) is 1. The molecule has 0 radical (unpaired) electrons. The SMILES string of the molecule is CCNCC(C)c1ccc(CN(C)CC)cc1. The van der Waals surface area contributed by atoms with Gasteiger partial charge in [-0.25, -0.2) is 0 Å². The molecule has 0 saturated carbocycles. The summed E-state index contributed by atoms with van der Waals surface area (Å²) < 4.78 is 0. The second-order valence-corrected chi connectivity index (χ2v) is 4.78. The van der Waals surface area contributed by atoms with Gasteiger partial charge < -0.3 is 10.2 Å². The number of nitrogens with zero attached hydrogens (tertiary/aromatic N) is 1. The van der Waals surface area contributed by atoms with E-state index in [9.17, 15) is 0 Å². The summed E-state index contributed by atoms with van der Waals surface area (Å²) in [6.45, 7) is 10.9. The van der Waals surface area contributed by atoms with Gasteiger partial charge in [0.2, 0.25) is 0 Å². The normalized spacial score (nSPS) is 13.0. The maximum absolute atomic E-state index is 3.39. The summed E-state index contributed by atoms with van der Waals surface area (Å²) in [6, 6.07) is 9.04. The molecule has 0 aliphatic carbocycles.